The lowest BCUT2D eigenvalue weighted by molar-refractivity contribution is 0.0423. The molecule has 2 N–H and O–H groups in total. The van der Waals surface area contributed by atoms with Crippen LogP contribution in [0.4, 0.5) is 4.79 Å². The maximum atomic E-state index is 12.3. The van der Waals surface area contributed by atoms with Gasteiger partial charge in [-0.15, -0.1) is 0 Å². The molecule has 1 heterocycles. The Morgan fingerprint density at radius 3 is 2.70 bits per heavy atom. The Hall–Kier alpha value is -0.770. The van der Waals surface area contributed by atoms with Crippen molar-refractivity contribution in [3.8, 4) is 0 Å². The number of amides is 2. The number of hydrogen-bond acceptors (Lipinski definition) is 2. The van der Waals surface area contributed by atoms with Gasteiger partial charge in [0.2, 0.25) is 0 Å². The molecule has 6 unspecified atom stereocenters. The number of aliphatic hydroxyl groups is 1. The summed E-state index contributed by atoms with van der Waals surface area (Å²) in [5.74, 6) is 2.73. The number of fused-ring (bicyclic) bond motifs is 2. The molecular formula is C16H28N2O2. The summed E-state index contributed by atoms with van der Waals surface area (Å²) >= 11 is 0. The van der Waals surface area contributed by atoms with Crippen molar-refractivity contribution in [3.05, 3.63) is 0 Å². The van der Waals surface area contributed by atoms with Gasteiger partial charge in [-0.1, -0.05) is 13.3 Å². The fourth-order valence-electron chi connectivity index (χ4n) is 4.53. The van der Waals surface area contributed by atoms with Crippen LogP contribution >= 0.6 is 0 Å². The fraction of sp³-hybridized carbons (Fsp3) is 0.938. The summed E-state index contributed by atoms with van der Waals surface area (Å²) in [4.78, 5) is 14.1. The van der Waals surface area contributed by atoms with Crippen LogP contribution < -0.4 is 5.32 Å². The highest BCUT2D eigenvalue weighted by molar-refractivity contribution is 5.74. The van der Waals surface area contributed by atoms with E-state index in [9.17, 15) is 9.90 Å². The Labute approximate surface area is 121 Å². The summed E-state index contributed by atoms with van der Waals surface area (Å²) in [6.45, 7) is 5.47. The van der Waals surface area contributed by atoms with Gasteiger partial charge >= 0.3 is 6.03 Å². The van der Waals surface area contributed by atoms with Crippen molar-refractivity contribution in [1.82, 2.24) is 10.2 Å². The minimum absolute atomic E-state index is 0.0197. The number of β-amino-alcohol motifs (C(OH)–C–C–N with tert-alkyl or cyclic N) is 1. The molecule has 0 spiro atoms. The zero-order chi connectivity index (χ0) is 14.3. The average Bonchev–Trinajstić information content (AvgIpc) is 3.04. The van der Waals surface area contributed by atoms with Gasteiger partial charge < -0.3 is 15.3 Å². The molecule has 4 nitrogen and oxygen atoms in total. The third-order valence-electron chi connectivity index (χ3n) is 5.99. The topological polar surface area (TPSA) is 52.6 Å². The molecule has 0 radical (unpaired) electrons. The second kappa shape index (κ2) is 5.55. The number of urea groups is 1. The predicted molar refractivity (Wildman–Crippen MR) is 78.3 cm³/mol. The standard InChI is InChI=1S/C16H28N2O2/c1-10-5-6-18(9-15(10)19)16(20)17-11(2)14-8-12-3-4-13(14)7-12/h10-15,19H,3-9H2,1-2H3,(H,17,20). The Bertz CT molecular complexity index is 373. The van der Waals surface area contributed by atoms with Crippen LogP contribution in [0, 0.1) is 23.7 Å². The van der Waals surface area contributed by atoms with Crippen molar-refractivity contribution >= 4 is 6.03 Å². The van der Waals surface area contributed by atoms with Crippen molar-refractivity contribution in [2.45, 2.75) is 58.1 Å². The Morgan fingerprint density at radius 2 is 2.10 bits per heavy atom. The zero-order valence-electron chi connectivity index (χ0n) is 12.7. The van der Waals surface area contributed by atoms with E-state index in [1.165, 1.54) is 25.7 Å². The number of carbonyl (C=O) groups is 1. The summed E-state index contributed by atoms with van der Waals surface area (Å²) in [5, 5.41) is 13.1. The number of likely N-dealkylation sites (tertiary alicyclic amines) is 1. The summed E-state index contributed by atoms with van der Waals surface area (Å²) < 4.78 is 0. The van der Waals surface area contributed by atoms with Crippen LogP contribution in [0.3, 0.4) is 0 Å². The van der Waals surface area contributed by atoms with Crippen LogP contribution in [-0.4, -0.2) is 41.3 Å². The summed E-state index contributed by atoms with van der Waals surface area (Å²) in [7, 11) is 0. The van der Waals surface area contributed by atoms with Gasteiger partial charge in [0.15, 0.2) is 0 Å². The van der Waals surface area contributed by atoms with E-state index < -0.39 is 0 Å². The number of nitrogens with one attached hydrogen (secondary N) is 1. The Morgan fingerprint density at radius 1 is 1.30 bits per heavy atom. The van der Waals surface area contributed by atoms with E-state index >= 15 is 0 Å². The van der Waals surface area contributed by atoms with Crippen molar-refractivity contribution < 1.29 is 9.90 Å². The molecule has 0 aromatic rings. The normalized spacial score (nSPS) is 41.8. The van der Waals surface area contributed by atoms with Crippen LogP contribution in [0.1, 0.15) is 46.0 Å². The first-order valence-corrected chi connectivity index (χ1v) is 8.28. The number of aliphatic hydroxyl groups excluding tert-OH is 1. The fourth-order valence-corrected chi connectivity index (χ4v) is 4.53. The highest BCUT2D eigenvalue weighted by Gasteiger charge is 2.42. The van der Waals surface area contributed by atoms with Gasteiger partial charge in [0.05, 0.1) is 6.10 Å². The summed E-state index contributed by atoms with van der Waals surface area (Å²) in [5.41, 5.74) is 0. The van der Waals surface area contributed by atoms with E-state index in [1.807, 2.05) is 0 Å². The van der Waals surface area contributed by atoms with E-state index in [4.69, 9.17) is 0 Å². The minimum atomic E-state index is -0.368. The van der Waals surface area contributed by atoms with E-state index in [1.54, 1.807) is 4.90 Å². The van der Waals surface area contributed by atoms with Crippen molar-refractivity contribution in [3.63, 3.8) is 0 Å². The summed E-state index contributed by atoms with van der Waals surface area (Å²) in [6, 6.07) is 0.292. The molecule has 2 amide bonds. The van der Waals surface area contributed by atoms with Gasteiger partial charge in [0, 0.05) is 19.1 Å². The molecule has 3 rings (SSSR count). The molecule has 2 bridgehead atoms. The Kier molecular flexibility index (Phi) is 3.93. The molecule has 3 fully saturated rings. The first-order valence-electron chi connectivity index (χ1n) is 8.28. The van der Waals surface area contributed by atoms with E-state index in [0.29, 0.717) is 18.4 Å². The number of piperidine rings is 1. The molecular weight excluding hydrogens is 252 g/mol. The lowest BCUT2D eigenvalue weighted by atomic mass is 9.84. The smallest absolute Gasteiger partial charge is 0.317 e. The first kappa shape index (κ1) is 14.2. The maximum Gasteiger partial charge on any atom is 0.317 e. The number of hydrogen-bond donors (Lipinski definition) is 2. The Balaban J connectivity index is 1.51. The van der Waals surface area contributed by atoms with Crippen LogP contribution in [0.15, 0.2) is 0 Å². The van der Waals surface area contributed by atoms with Crippen LogP contribution in [0.25, 0.3) is 0 Å². The molecule has 0 aromatic heterocycles. The third-order valence-corrected chi connectivity index (χ3v) is 5.99. The van der Waals surface area contributed by atoms with Gasteiger partial charge in [-0.3, -0.25) is 0 Å². The molecule has 3 aliphatic rings. The molecule has 20 heavy (non-hydrogen) atoms. The molecule has 2 aliphatic carbocycles. The molecule has 0 aromatic carbocycles. The quantitative estimate of drug-likeness (QED) is 0.815. The second-order valence-electron chi connectivity index (χ2n) is 7.36. The highest BCUT2D eigenvalue weighted by atomic mass is 16.3. The molecule has 2 saturated carbocycles. The first-order chi connectivity index (χ1) is 9.54. The number of nitrogens with zero attached hydrogens (tertiary/aromatic N) is 1. The maximum absolute atomic E-state index is 12.3. The van der Waals surface area contributed by atoms with E-state index in [2.05, 4.69) is 19.2 Å². The van der Waals surface area contributed by atoms with E-state index in [0.717, 1.165) is 24.8 Å². The van der Waals surface area contributed by atoms with Gasteiger partial charge in [0.1, 0.15) is 0 Å². The third kappa shape index (κ3) is 2.67. The van der Waals surface area contributed by atoms with Gasteiger partial charge in [0.25, 0.3) is 0 Å². The monoisotopic (exact) mass is 280 g/mol. The SMILES string of the molecule is CC1CCN(C(=O)NC(C)C2CC3CCC2C3)CC1O. The van der Waals surface area contributed by atoms with Crippen molar-refractivity contribution in [1.29, 1.82) is 0 Å². The largest absolute Gasteiger partial charge is 0.391 e. The van der Waals surface area contributed by atoms with Crippen molar-refractivity contribution in [2.24, 2.45) is 23.7 Å². The van der Waals surface area contributed by atoms with Crippen LogP contribution in [-0.2, 0) is 0 Å². The summed E-state index contributed by atoms with van der Waals surface area (Å²) in [6.07, 6.45) is 5.97. The second-order valence-corrected chi connectivity index (χ2v) is 7.36. The molecule has 6 atom stereocenters. The van der Waals surface area contributed by atoms with Crippen LogP contribution in [0.5, 0.6) is 0 Å². The molecule has 1 aliphatic heterocycles. The molecule has 1 saturated heterocycles. The van der Waals surface area contributed by atoms with Crippen LogP contribution in [0.2, 0.25) is 0 Å². The van der Waals surface area contributed by atoms with Crippen molar-refractivity contribution in [2.75, 3.05) is 13.1 Å². The zero-order valence-corrected chi connectivity index (χ0v) is 12.7. The lowest BCUT2D eigenvalue weighted by Crippen LogP contribution is -2.52. The number of rotatable bonds is 2. The van der Waals surface area contributed by atoms with Gasteiger partial charge in [-0.25, -0.2) is 4.79 Å². The predicted octanol–water partition coefficient (Wildman–Crippen LogP) is 2.22. The minimum Gasteiger partial charge on any atom is -0.391 e. The van der Waals surface area contributed by atoms with Gasteiger partial charge in [-0.2, -0.15) is 0 Å². The molecule has 4 heteroatoms. The van der Waals surface area contributed by atoms with E-state index in [-0.39, 0.29) is 18.2 Å². The number of carbonyl (C=O) groups excluding carboxylic acids is 1. The van der Waals surface area contributed by atoms with Gasteiger partial charge in [-0.05, 0) is 56.3 Å². The highest BCUT2D eigenvalue weighted by Crippen LogP contribution is 2.49. The molecule has 114 valence electrons. The average molecular weight is 280 g/mol. The lowest BCUT2D eigenvalue weighted by Gasteiger charge is -2.36.